The van der Waals surface area contributed by atoms with Crippen molar-refractivity contribution < 1.29 is 19.1 Å². The molecule has 2 N–H and O–H groups in total. The van der Waals surface area contributed by atoms with Gasteiger partial charge in [-0.2, -0.15) is 0 Å². The smallest absolute Gasteiger partial charge is 0.262 e. The van der Waals surface area contributed by atoms with Gasteiger partial charge in [0.05, 0.1) is 10.0 Å². The molecule has 0 unspecified atom stereocenters. The first kappa shape index (κ1) is 25.8. The van der Waals surface area contributed by atoms with Crippen molar-refractivity contribution in [2.24, 2.45) is 0 Å². The molecule has 0 atom stereocenters. The van der Waals surface area contributed by atoms with E-state index < -0.39 is 11.8 Å². The molecule has 37 heavy (non-hydrogen) atoms. The topological polar surface area (TPSA) is 84.5 Å². The van der Waals surface area contributed by atoms with Gasteiger partial charge in [0.25, 0.3) is 5.91 Å². The zero-order valence-electron chi connectivity index (χ0n) is 20.2. The maximum atomic E-state index is 13.0. The quantitative estimate of drug-likeness (QED) is 0.427. The molecule has 5 rings (SSSR count). The lowest BCUT2D eigenvalue weighted by atomic mass is 9.71. The second-order valence-electron chi connectivity index (χ2n) is 9.51. The number of anilines is 1. The molecule has 0 bridgehead atoms. The highest BCUT2D eigenvalue weighted by Crippen LogP contribution is 2.47. The summed E-state index contributed by atoms with van der Waals surface area (Å²) in [5.41, 5.74) is 5.12. The first-order valence-electron chi connectivity index (χ1n) is 12.2. The summed E-state index contributed by atoms with van der Waals surface area (Å²) < 4.78 is 5.67. The van der Waals surface area contributed by atoms with E-state index in [1.165, 1.54) is 0 Å². The normalized spacial score (nSPS) is 17.8. The molecule has 1 amide bonds. The van der Waals surface area contributed by atoms with Crippen molar-refractivity contribution in [1.82, 2.24) is 5.32 Å². The Labute approximate surface area is 230 Å². The fourth-order valence-electron chi connectivity index (χ4n) is 5.21. The van der Waals surface area contributed by atoms with Crippen LogP contribution in [0.25, 0.3) is 0 Å². The van der Waals surface area contributed by atoms with Gasteiger partial charge in [-0.15, -0.1) is 0 Å². The van der Waals surface area contributed by atoms with E-state index in [0.29, 0.717) is 40.3 Å². The predicted molar refractivity (Wildman–Crippen MR) is 144 cm³/mol. The van der Waals surface area contributed by atoms with E-state index in [-0.39, 0.29) is 34.0 Å². The van der Waals surface area contributed by atoms with Crippen molar-refractivity contribution in [3.8, 4) is 5.75 Å². The van der Waals surface area contributed by atoms with Gasteiger partial charge >= 0.3 is 0 Å². The van der Waals surface area contributed by atoms with Crippen LogP contribution in [0.1, 0.15) is 55.6 Å². The van der Waals surface area contributed by atoms with Gasteiger partial charge in [-0.3, -0.25) is 14.4 Å². The number of dihydropyridines is 1. The fourth-order valence-corrected chi connectivity index (χ4v) is 6.00. The van der Waals surface area contributed by atoms with Gasteiger partial charge in [0.15, 0.2) is 23.9 Å². The number of allylic oxidation sites excluding steroid dienone is 4. The molecule has 0 fully saturated rings. The first-order chi connectivity index (χ1) is 17.7. The van der Waals surface area contributed by atoms with Gasteiger partial charge in [0.1, 0.15) is 0 Å². The Morgan fingerprint density at radius 1 is 0.919 bits per heavy atom. The van der Waals surface area contributed by atoms with Crippen LogP contribution >= 0.6 is 34.8 Å². The van der Waals surface area contributed by atoms with E-state index in [2.05, 4.69) is 10.6 Å². The van der Waals surface area contributed by atoms with E-state index >= 15 is 0 Å². The summed E-state index contributed by atoms with van der Waals surface area (Å²) in [6.45, 7) is 1.55. The summed E-state index contributed by atoms with van der Waals surface area (Å²) >= 11 is 19.3. The van der Waals surface area contributed by atoms with Crippen LogP contribution in [0.4, 0.5) is 5.69 Å². The Morgan fingerprint density at radius 3 is 2.08 bits per heavy atom. The zero-order chi connectivity index (χ0) is 26.3. The number of carbonyl (C=O) groups excluding carboxylic acids is 3. The minimum Gasteiger partial charge on any atom is -0.481 e. The third-order valence-corrected chi connectivity index (χ3v) is 7.92. The molecule has 2 aliphatic carbocycles. The highest BCUT2D eigenvalue weighted by Gasteiger charge is 2.40. The lowest BCUT2D eigenvalue weighted by molar-refractivity contribution is -0.118. The molecule has 6 nitrogen and oxygen atoms in total. The molecular weight excluding hydrogens is 535 g/mol. The Bertz CT molecular complexity index is 1330. The molecule has 1 heterocycles. The first-order valence-corrected chi connectivity index (χ1v) is 13.3. The Kier molecular flexibility index (Phi) is 7.35. The number of benzene rings is 2. The molecule has 192 valence electrons. The highest BCUT2D eigenvalue weighted by atomic mass is 35.5. The van der Waals surface area contributed by atoms with Crippen molar-refractivity contribution in [2.45, 2.75) is 51.4 Å². The van der Waals surface area contributed by atoms with Crippen LogP contribution in [0.15, 0.2) is 52.9 Å². The molecule has 2 aromatic rings. The van der Waals surface area contributed by atoms with Crippen LogP contribution in [-0.4, -0.2) is 24.1 Å². The van der Waals surface area contributed by atoms with Crippen molar-refractivity contribution >= 4 is 58.0 Å². The van der Waals surface area contributed by atoms with E-state index in [9.17, 15) is 14.4 Å². The van der Waals surface area contributed by atoms with Gasteiger partial charge in [-0.1, -0.05) is 40.9 Å². The predicted octanol–water partition coefficient (Wildman–Crippen LogP) is 6.67. The standard InChI is InChI=1S/C28H25Cl3N2O4/c1-14-8-9-16(12-17(14)29)32-24(36)13-37-28-18(30)10-15(11-19(28)31)25-26-20(4-2-6-22(26)34)33-21-5-3-7-23(35)27(21)25/h8-12,25,33H,2-7,13H2,1H3,(H,32,36). The van der Waals surface area contributed by atoms with Gasteiger partial charge in [-0.25, -0.2) is 0 Å². The molecule has 0 spiro atoms. The van der Waals surface area contributed by atoms with Gasteiger partial charge in [0, 0.05) is 52.0 Å². The van der Waals surface area contributed by atoms with Crippen LogP contribution in [0.3, 0.4) is 0 Å². The number of hydrogen-bond acceptors (Lipinski definition) is 5. The summed E-state index contributed by atoms with van der Waals surface area (Å²) in [5.74, 6) is -0.704. The van der Waals surface area contributed by atoms with Crippen LogP contribution in [-0.2, 0) is 14.4 Å². The minimum absolute atomic E-state index is 0.0316. The number of halogens is 3. The molecule has 2 aromatic carbocycles. The SMILES string of the molecule is Cc1ccc(NC(=O)COc2c(Cl)cc(C3C4=C(CCCC4=O)NC4=C3C(=O)CCC4)cc2Cl)cc1Cl. The van der Waals surface area contributed by atoms with Crippen molar-refractivity contribution in [2.75, 3.05) is 11.9 Å². The average molecular weight is 560 g/mol. The lowest BCUT2D eigenvalue weighted by Crippen LogP contribution is -2.36. The number of ketones is 2. The van der Waals surface area contributed by atoms with Crippen LogP contribution < -0.4 is 15.4 Å². The second kappa shape index (κ2) is 10.5. The van der Waals surface area contributed by atoms with E-state index in [1.54, 1.807) is 24.3 Å². The Balaban J connectivity index is 1.41. The zero-order valence-corrected chi connectivity index (χ0v) is 22.4. The number of amides is 1. The molecular formula is C28H25Cl3N2O4. The molecule has 0 saturated carbocycles. The van der Waals surface area contributed by atoms with Crippen LogP contribution in [0.5, 0.6) is 5.75 Å². The lowest BCUT2D eigenvalue weighted by Gasteiger charge is -2.37. The second-order valence-corrected chi connectivity index (χ2v) is 10.7. The molecule has 1 aliphatic heterocycles. The number of carbonyl (C=O) groups is 3. The monoisotopic (exact) mass is 558 g/mol. The summed E-state index contributed by atoms with van der Waals surface area (Å²) in [6.07, 6.45) is 3.95. The van der Waals surface area contributed by atoms with Gasteiger partial charge in [-0.05, 0) is 68.0 Å². The number of aryl methyl sites for hydroxylation is 1. The minimum atomic E-state index is -0.523. The van der Waals surface area contributed by atoms with Gasteiger partial charge in [0.2, 0.25) is 0 Å². The van der Waals surface area contributed by atoms with Crippen molar-refractivity contribution in [3.63, 3.8) is 0 Å². The Morgan fingerprint density at radius 2 is 1.51 bits per heavy atom. The maximum Gasteiger partial charge on any atom is 0.262 e. The molecule has 0 aromatic heterocycles. The molecule has 9 heteroatoms. The Hall–Kier alpha value is -2.80. The summed E-state index contributed by atoms with van der Waals surface area (Å²) in [4.78, 5) is 38.5. The van der Waals surface area contributed by atoms with Crippen molar-refractivity contribution in [1.29, 1.82) is 0 Å². The molecule has 3 aliphatic rings. The van der Waals surface area contributed by atoms with Crippen LogP contribution in [0, 0.1) is 6.92 Å². The van der Waals surface area contributed by atoms with E-state index in [4.69, 9.17) is 39.5 Å². The largest absolute Gasteiger partial charge is 0.481 e. The number of hydrogen-bond donors (Lipinski definition) is 2. The summed E-state index contributed by atoms with van der Waals surface area (Å²) in [7, 11) is 0. The number of rotatable bonds is 5. The summed E-state index contributed by atoms with van der Waals surface area (Å²) in [6, 6.07) is 8.57. The fraction of sp³-hybridized carbons (Fsp3) is 0.321. The molecule has 0 radical (unpaired) electrons. The van der Waals surface area contributed by atoms with Crippen LogP contribution in [0.2, 0.25) is 15.1 Å². The highest BCUT2D eigenvalue weighted by molar-refractivity contribution is 6.37. The maximum absolute atomic E-state index is 13.0. The van der Waals surface area contributed by atoms with E-state index in [0.717, 1.165) is 42.6 Å². The number of nitrogens with one attached hydrogen (secondary N) is 2. The average Bonchev–Trinajstić information content (AvgIpc) is 2.85. The third-order valence-electron chi connectivity index (χ3n) is 6.95. The molecule has 0 saturated heterocycles. The summed E-state index contributed by atoms with van der Waals surface area (Å²) in [5, 5.41) is 7.06. The number of ether oxygens (including phenoxy) is 1. The third kappa shape index (κ3) is 5.15. The van der Waals surface area contributed by atoms with Crippen molar-refractivity contribution in [3.05, 3.63) is 79.1 Å². The van der Waals surface area contributed by atoms with Gasteiger partial charge < -0.3 is 15.4 Å². The van der Waals surface area contributed by atoms with E-state index in [1.807, 2.05) is 13.0 Å². The number of Topliss-reactive ketones (excluding diaryl/α,β-unsaturated/α-hetero) is 2.